The first-order valence-corrected chi connectivity index (χ1v) is 10.0. The molecule has 1 unspecified atom stereocenters. The van der Waals surface area contributed by atoms with Crippen LogP contribution >= 0.6 is 0 Å². The molecule has 9 nitrogen and oxygen atoms in total. The summed E-state index contributed by atoms with van der Waals surface area (Å²) in [6, 6.07) is 0. The molecule has 11 heteroatoms. The second kappa shape index (κ2) is 8.09. The average molecular weight is 361 g/mol. The summed E-state index contributed by atoms with van der Waals surface area (Å²) in [6.45, 7) is 4.59. The molecule has 22 heavy (non-hydrogen) atoms. The summed E-state index contributed by atoms with van der Waals surface area (Å²) in [5, 5.41) is 2.35. The number of carbonyl (C=O) groups excluding carboxylic acids is 1. The van der Waals surface area contributed by atoms with E-state index in [4.69, 9.17) is 8.92 Å². The highest BCUT2D eigenvalue weighted by Crippen LogP contribution is 2.08. The van der Waals surface area contributed by atoms with Crippen LogP contribution in [0.15, 0.2) is 0 Å². The maximum Gasteiger partial charge on any atom is 0.407 e. The Morgan fingerprint density at radius 1 is 1.09 bits per heavy atom. The molecule has 0 radical (unpaired) electrons. The van der Waals surface area contributed by atoms with Crippen molar-refractivity contribution in [2.75, 3.05) is 25.7 Å². The Hall–Kier alpha value is -0.910. The van der Waals surface area contributed by atoms with Gasteiger partial charge in [0.2, 0.25) is 0 Å². The minimum atomic E-state index is -3.77. The molecule has 132 valence electrons. The molecule has 0 saturated heterocycles. The number of carbonyl (C=O) groups is 1. The van der Waals surface area contributed by atoms with Gasteiger partial charge in [-0.3, -0.25) is 8.37 Å². The Bertz CT molecular complexity index is 561. The standard InChI is InChI=1S/C11H23NO8S2/c1-11(2,3)19-10(13)12-8-9(20-22(5,16)17)6-7-18-21(4,14)15/h9H,6-8H2,1-5H3,(H,12,13). The van der Waals surface area contributed by atoms with E-state index in [-0.39, 0.29) is 19.6 Å². The van der Waals surface area contributed by atoms with Crippen molar-refractivity contribution < 1.29 is 34.7 Å². The minimum absolute atomic E-state index is 0.0457. The van der Waals surface area contributed by atoms with Gasteiger partial charge < -0.3 is 10.1 Å². The fourth-order valence-electron chi connectivity index (χ4n) is 1.27. The van der Waals surface area contributed by atoms with Crippen molar-refractivity contribution in [3.63, 3.8) is 0 Å². The minimum Gasteiger partial charge on any atom is -0.444 e. The number of nitrogens with one attached hydrogen (secondary N) is 1. The predicted octanol–water partition coefficient (Wildman–Crippen LogP) is 0.222. The van der Waals surface area contributed by atoms with Crippen molar-refractivity contribution >= 4 is 26.3 Å². The Morgan fingerprint density at radius 3 is 2.05 bits per heavy atom. The molecule has 0 spiro atoms. The SMILES string of the molecule is CC(C)(C)OC(=O)NCC(CCOS(C)(=O)=O)OS(C)(=O)=O. The van der Waals surface area contributed by atoms with Gasteiger partial charge in [-0.1, -0.05) is 0 Å². The second-order valence-electron chi connectivity index (χ2n) is 5.62. The lowest BCUT2D eigenvalue weighted by Crippen LogP contribution is -2.38. The summed E-state index contributed by atoms with van der Waals surface area (Å²) in [5.41, 5.74) is -0.698. The van der Waals surface area contributed by atoms with Crippen LogP contribution in [0.1, 0.15) is 27.2 Å². The van der Waals surface area contributed by atoms with Crippen molar-refractivity contribution in [2.24, 2.45) is 0 Å². The van der Waals surface area contributed by atoms with Gasteiger partial charge in [0.15, 0.2) is 0 Å². The first kappa shape index (κ1) is 21.1. The fourth-order valence-corrected chi connectivity index (χ4v) is 2.33. The van der Waals surface area contributed by atoms with Gasteiger partial charge in [0, 0.05) is 13.0 Å². The molecule has 0 bridgehead atoms. The Kier molecular flexibility index (Phi) is 7.75. The van der Waals surface area contributed by atoms with Gasteiger partial charge in [-0.25, -0.2) is 4.79 Å². The van der Waals surface area contributed by atoms with Gasteiger partial charge in [-0.2, -0.15) is 16.8 Å². The molecule has 0 aromatic carbocycles. The molecule has 0 aromatic rings. The molecule has 1 N–H and O–H groups in total. The van der Waals surface area contributed by atoms with Gasteiger partial charge in [0.05, 0.1) is 25.2 Å². The van der Waals surface area contributed by atoms with Crippen molar-refractivity contribution in [2.45, 2.75) is 38.9 Å². The third-order valence-electron chi connectivity index (χ3n) is 1.92. The van der Waals surface area contributed by atoms with E-state index in [0.29, 0.717) is 0 Å². The van der Waals surface area contributed by atoms with E-state index >= 15 is 0 Å². The number of rotatable bonds is 8. The summed E-state index contributed by atoms with van der Waals surface area (Å²) >= 11 is 0. The highest BCUT2D eigenvalue weighted by Gasteiger charge is 2.20. The van der Waals surface area contributed by atoms with Crippen LogP contribution in [0.25, 0.3) is 0 Å². The van der Waals surface area contributed by atoms with Crippen LogP contribution in [-0.4, -0.2) is 60.3 Å². The van der Waals surface area contributed by atoms with Crippen LogP contribution in [0.3, 0.4) is 0 Å². The van der Waals surface area contributed by atoms with Crippen LogP contribution in [0.2, 0.25) is 0 Å². The molecule has 0 aromatic heterocycles. The third kappa shape index (κ3) is 14.0. The summed E-state index contributed by atoms with van der Waals surface area (Å²) < 4.78 is 58.3. The largest absolute Gasteiger partial charge is 0.444 e. The van der Waals surface area contributed by atoms with Gasteiger partial charge in [0.25, 0.3) is 20.2 Å². The van der Waals surface area contributed by atoms with E-state index < -0.39 is 38.0 Å². The zero-order valence-corrected chi connectivity index (χ0v) is 14.9. The van der Waals surface area contributed by atoms with E-state index in [2.05, 4.69) is 9.50 Å². The molecule has 0 aliphatic carbocycles. The molecule has 1 atom stereocenters. The van der Waals surface area contributed by atoms with E-state index in [1.54, 1.807) is 20.8 Å². The number of amides is 1. The number of alkyl carbamates (subject to hydrolysis) is 1. The second-order valence-corrected chi connectivity index (χ2v) is 8.86. The van der Waals surface area contributed by atoms with E-state index in [0.717, 1.165) is 12.5 Å². The van der Waals surface area contributed by atoms with Gasteiger partial charge in [0.1, 0.15) is 5.60 Å². The maximum atomic E-state index is 11.5. The Morgan fingerprint density at radius 2 is 1.64 bits per heavy atom. The lowest BCUT2D eigenvalue weighted by atomic mass is 10.2. The van der Waals surface area contributed by atoms with Crippen molar-refractivity contribution in [1.29, 1.82) is 0 Å². The van der Waals surface area contributed by atoms with Crippen molar-refractivity contribution in [1.82, 2.24) is 5.32 Å². The summed E-state index contributed by atoms with van der Waals surface area (Å²) in [5.74, 6) is 0. The van der Waals surface area contributed by atoms with Gasteiger partial charge in [-0.15, -0.1) is 0 Å². The van der Waals surface area contributed by atoms with Gasteiger partial charge >= 0.3 is 6.09 Å². The van der Waals surface area contributed by atoms with E-state index in [1.165, 1.54) is 0 Å². The fraction of sp³-hybridized carbons (Fsp3) is 0.909. The van der Waals surface area contributed by atoms with E-state index in [9.17, 15) is 21.6 Å². The molecular formula is C11H23NO8S2. The molecular weight excluding hydrogens is 338 g/mol. The normalized spacial score (nSPS) is 14.4. The predicted molar refractivity (Wildman–Crippen MR) is 79.4 cm³/mol. The van der Waals surface area contributed by atoms with Crippen molar-refractivity contribution in [3.8, 4) is 0 Å². The summed E-state index contributed by atoms with van der Waals surface area (Å²) in [7, 11) is -7.41. The van der Waals surface area contributed by atoms with Crippen molar-refractivity contribution in [3.05, 3.63) is 0 Å². The van der Waals surface area contributed by atoms with Crippen LogP contribution < -0.4 is 5.32 Å². The quantitative estimate of drug-likeness (QED) is 0.609. The Labute approximate surface area is 131 Å². The average Bonchev–Trinajstić information content (AvgIpc) is 2.19. The summed E-state index contributed by atoms with van der Waals surface area (Å²) in [6.07, 6.45) is -0.0259. The van der Waals surface area contributed by atoms with E-state index in [1.807, 2.05) is 0 Å². The van der Waals surface area contributed by atoms with Crippen LogP contribution in [0.5, 0.6) is 0 Å². The zero-order chi connectivity index (χ0) is 17.6. The molecule has 0 saturated carbocycles. The highest BCUT2D eigenvalue weighted by atomic mass is 32.2. The molecule has 0 fully saturated rings. The smallest absolute Gasteiger partial charge is 0.407 e. The van der Waals surface area contributed by atoms with Crippen LogP contribution in [-0.2, 0) is 33.3 Å². The summed E-state index contributed by atoms with van der Waals surface area (Å²) in [4.78, 5) is 11.5. The topological polar surface area (TPSA) is 125 Å². The monoisotopic (exact) mass is 361 g/mol. The number of hydrogen-bond acceptors (Lipinski definition) is 8. The lowest BCUT2D eigenvalue weighted by molar-refractivity contribution is 0.0495. The molecule has 0 rings (SSSR count). The lowest BCUT2D eigenvalue weighted by Gasteiger charge is -2.21. The Balaban J connectivity index is 4.51. The molecule has 0 heterocycles. The molecule has 1 amide bonds. The first-order chi connectivity index (χ1) is 9.68. The maximum absolute atomic E-state index is 11.5. The zero-order valence-electron chi connectivity index (χ0n) is 13.3. The van der Waals surface area contributed by atoms with Crippen LogP contribution in [0, 0.1) is 0 Å². The number of hydrogen-bond donors (Lipinski definition) is 1. The molecule has 0 aliphatic rings. The number of ether oxygens (including phenoxy) is 1. The first-order valence-electron chi connectivity index (χ1n) is 6.37. The third-order valence-corrected chi connectivity index (χ3v) is 3.14. The van der Waals surface area contributed by atoms with Gasteiger partial charge in [-0.05, 0) is 20.8 Å². The highest BCUT2D eigenvalue weighted by molar-refractivity contribution is 7.86. The molecule has 0 aliphatic heterocycles. The van der Waals surface area contributed by atoms with Crippen LogP contribution in [0.4, 0.5) is 4.79 Å².